The third-order valence-electron chi connectivity index (χ3n) is 5.61. The van der Waals surface area contributed by atoms with Gasteiger partial charge in [0.2, 0.25) is 10.0 Å². The van der Waals surface area contributed by atoms with Crippen molar-refractivity contribution in [2.75, 3.05) is 17.6 Å². The number of ether oxygens (including phenoxy) is 1. The Balaban J connectivity index is 1.95. The topological polar surface area (TPSA) is 194 Å². The largest absolute Gasteiger partial charge is 0.508 e. The van der Waals surface area contributed by atoms with Crippen LogP contribution in [0.2, 0.25) is 0 Å². The number of aromatic hydroxyl groups is 5. The highest BCUT2D eigenvalue weighted by Crippen LogP contribution is 2.48. The predicted octanol–water partition coefficient (Wildman–Crippen LogP) is 2.67. The first-order valence-electron chi connectivity index (χ1n) is 10.2. The van der Waals surface area contributed by atoms with Crippen LogP contribution in [0.15, 0.2) is 36.4 Å². The van der Waals surface area contributed by atoms with Crippen LogP contribution in [0.4, 0.5) is 5.69 Å². The Labute approximate surface area is 199 Å². The number of rotatable bonds is 5. The maximum Gasteiger partial charge on any atom is 0.336 e. The van der Waals surface area contributed by atoms with Crippen molar-refractivity contribution in [3.8, 4) is 45.6 Å². The summed E-state index contributed by atoms with van der Waals surface area (Å²) in [6.45, 7) is -0.0772. The normalized spacial score (nSPS) is 15.2. The summed E-state index contributed by atoms with van der Waals surface area (Å²) < 4.78 is 32.1. The predicted molar refractivity (Wildman–Crippen MR) is 124 cm³/mol. The van der Waals surface area contributed by atoms with Gasteiger partial charge in [-0.1, -0.05) is 6.07 Å². The summed E-state index contributed by atoms with van der Waals surface area (Å²) in [7, 11) is -3.95. The number of carboxylic acid groups (broad SMARTS) is 1. The van der Waals surface area contributed by atoms with E-state index in [9.17, 15) is 43.9 Å². The van der Waals surface area contributed by atoms with Crippen molar-refractivity contribution in [2.45, 2.75) is 12.3 Å². The summed E-state index contributed by atoms with van der Waals surface area (Å²) in [5, 5.41) is 60.5. The van der Waals surface area contributed by atoms with Gasteiger partial charge in [0, 0.05) is 29.2 Å². The lowest BCUT2D eigenvalue weighted by molar-refractivity contribution is 0.0697. The van der Waals surface area contributed by atoms with Gasteiger partial charge in [-0.2, -0.15) is 0 Å². The Morgan fingerprint density at radius 1 is 1.00 bits per heavy atom. The minimum atomic E-state index is -3.95. The van der Waals surface area contributed by atoms with E-state index >= 15 is 0 Å². The van der Waals surface area contributed by atoms with Crippen LogP contribution in [-0.4, -0.2) is 57.9 Å². The molecule has 12 heteroatoms. The van der Waals surface area contributed by atoms with E-state index in [4.69, 9.17) is 4.74 Å². The smallest absolute Gasteiger partial charge is 0.336 e. The van der Waals surface area contributed by atoms with Crippen molar-refractivity contribution in [1.82, 2.24) is 0 Å². The van der Waals surface area contributed by atoms with Crippen molar-refractivity contribution in [3.63, 3.8) is 0 Å². The summed E-state index contributed by atoms with van der Waals surface area (Å²) in [5.41, 5.74) is -0.564. The molecule has 184 valence electrons. The van der Waals surface area contributed by atoms with Gasteiger partial charge in [-0.25, -0.2) is 13.2 Å². The first-order chi connectivity index (χ1) is 16.4. The molecule has 0 fully saturated rings. The number of hydrogen-bond acceptors (Lipinski definition) is 9. The molecule has 1 aliphatic heterocycles. The van der Waals surface area contributed by atoms with E-state index in [1.807, 2.05) is 0 Å². The fourth-order valence-electron chi connectivity index (χ4n) is 4.09. The first kappa shape index (κ1) is 23.8. The molecule has 3 aromatic rings. The van der Waals surface area contributed by atoms with Gasteiger partial charge in [0.1, 0.15) is 23.0 Å². The Morgan fingerprint density at radius 2 is 1.71 bits per heavy atom. The molecule has 1 atom stereocenters. The summed E-state index contributed by atoms with van der Waals surface area (Å²) in [6, 6.07) is 6.99. The zero-order valence-electron chi connectivity index (χ0n) is 18.2. The number of anilines is 1. The van der Waals surface area contributed by atoms with E-state index in [0.29, 0.717) is 5.56 Å². The molecule has 35 heavy (non-hydrogen) atoms. The summed E-state index contributed by atoms with van der Waals surface area (Å²) in [6.07, 6.45) is 0.937. The minimum absolute atomic E-state index is 0.0108. The third-order valence-corrected chi connectivity index (χ3v) is 6.19. The summed E-state index contributed by atoms with van der Waals surface area (Å²) >= 11 is 0. The molecular formula is C23H21NO10S. The fourth-order valence-corrected chi connectivity index (χ4v) is 4.67. The molecule has 0 spiro atoms. The van der Waals surface area contributed by atoms with Gasteiger partial charge in [0.05, 0.1) is 24.1 Å². The van der Waals surface area contributed by atoms with Crippen molar-refractivity contribution < 1.29 is 48.6 Å². The van der Waals surface area contributed by atoms with E-state index in [0.717, 1.165) is 24.5 Å². The molecule has 1 heterocycles. The molecule has 0 saturated heterocycles. The number of hydrogen-bond donors (Lipinski definition) is 7. The van der Waals surface area contributed by atoms with Gasteiger partial charge >= 0.3 is 5.97 Å². The molecule has 0 amide bonds. The zero-order chi connectivity index (χ0) is 25.7. The Morgan fingerprint density at radius 3 is 2.34 bits per heavy atom. The lowest BCUT2D eigenvalue weighted by Gasteiger charge is -2.29. The molecule has 7 N–H and O–H groups in total. The molecule has 4 rings (SSSR count). The van der Waals surface area contributed by atoms with Crippen LogP contribution in [-0.2, 0) is 16.4 Å². The van der Waals surface area contributed by atoms with Crippen molar-refractivity contribution in [3.05, 3.63) is 53.1 Å². The van der Waals surface area contributed by atoms with Gasteiger partial charge in [-0.15, -0.1) is 0 Å². The Hall–Kier alpha value is -4.32. The van der Waals surface area contributed by atoms with Crippen LogP contribution >= 0.6 is 0 Å². The van der Waals surface area contributed by atoms with Gasteiger partial charge in [0.15, 0.2) is 11.5 Å². The van der Waals surface area contributed by atoms with Crippen LogP contribution in [0.5, 0.6) is 34.5 Å². The highest BCUT2D eigenvalue weighted by Gasteiger charge is 2.32. The molecule has 11 nitrogen and oxygen atoms in total. The number of benzene rings is 3. The van der Waals surface area contributed by atoms with Crippen LogP contribution in [0.3, 0.4) is 0 Å². The number of aromatic carboxylic acids is 1. The van der Waals surface area contributed by atoms with Gasteiger partial charge < -0.3 is 35.4 Å². The molecule has 1 aliphatic rings. The van der Waals surface area contributed by atoms with E-state index in [1.54, 1.807) is 0 Å². The van der Waals surface area contributed by atoms with Crippen molar-refractivity contribution in [1.29, 1.82) is 0 Å². The molecule has 0 aliphatic carbocycles. The number of phenols is 5. The molecule has 0 bridgehead atoms. The van der Waals surface area contributed by atoms with Crippen LogP contribution < -0.4 is 9.46 Å². The Kier molecular flexibility index (Phi) is 5.77. The summed E-state index contributed by atoms with van der Waals surface area (Å²) in [5.74, 6) is -4.16. The van der Waals surface area contributed by atoms with Crippen molar-refractivity contribution >= 4 is 21.7 Å². The molecular weight excluding hydrogens is 482 g/mol. The lowest BCUT2D eigenvalue weighted by Crippen LogP contribution is -2.22. The molecule has 0 saturated carbocycles. The third kappa shape index (κ3) is 4.55. The monoisotopic (exact) mass is 503 g/mol. The van der Waals surface area contributed by atoms with E-state index < -0.39 is 44.7 Å². The quantitative estimate of drug-likeness (QED) is 0.254. The molecule has 0 aromatic heterocycles. The second-order valence-electron chi connectivity index (χ2n) is 8.15. The molecule has 3 aromatic carbocycles. The van der Waals surface area contributed by atoms with E-state index in [2.05, 4.69) is 4.72 Å². The van der Waals surface area contributed by atoms with Gasteiger partial charge in [-0.05, 0) is 35.7 Å². The van der Waals surface area contributed by atoms with Crippen LogP contribution in [0.25, 0.3) is 11.1 Å². The minimum Gasteiger partial charge on any atom is -0.508 e. The van der Waals surface area contributed by atoms with E-state index in [-0.39, 0.29) is 52.7 Å². The molecule has 0 radical (unpaired) electrons. The number of carbonyl (C=O) groups is 1. The number of nitrogens with one attached hydrogen (secondary N) is 1. The van der Waals surface area contributed by atoms with E-state index in [1.165, 1.54) is 18.2 Å². The fraction of sp³-hybridized carbons (Fsp3) is 0.174. The SMILES string of the molecule is CS(=O)(=O)Nc1c(C2COc3cc(O)cc(O)c3C2)cc(C(=O)O)c(-c2ccc(O)c(O)c2)c1O. The first-order valence-corrected chi connectivity index (χ1v) is 12.1. The Bertz CT molecular complexity index is 1470. The molecule has 1 unspecified atom stereocenters. The maximum atomic E-state index is 12.2. The maximum absolute atomic E-state index is 12.2. The standard InChI is InChI=1S/C23H21NO10S/c1-35(32,33)24-21-13(11-4-14-17(27)6-12(25)7-19(14)34-9-11)8-15(23(30)31)20(22(21)29)10-2-3-16(26)18(28)5-10/h2-3,5-8,11,24-29H,4,9H2,1H3,(H,30,31). The van der Waals surface area contributed by atoms with Crippen LogP contribution in [0, 0.1) is 0 Å². The average molecular weight is 503 g/mol. The average Bonchev–Trinajstić information content (AvgIpc) is 2.75. The highest BCUT2D eigenvalue weighted by molar-refractivity contribution is 7.92. The summed E-state index contributed by atoms with van der Waals surface area (Å²) in [4.78, 5) is 12.2. The number of sulfonamides is 1. The number of phenolic OH excluding ortho intramolecular Hbond substituents is 5. The van der Waals surface area contributed by atoms with Crippen LogP contribution in [0.1, 0.15) is 27.4 Å². The number of carboxylic acids is 1. The zero-order valence-corrected chi connectivity index (χ0v) is 19.0. The second kappa shape index (κ2) is 8.47. The van der Waals surface area contributed by atoms with Gasteiger partial charge in [0.25, 0.3) is 0 Å². The van der Waals surface area contributed by atoms with Gasteiger partial charge in [-0.3, -0.25) is 4.72 Å². The van der Waals surface area contributed by atoms with Crippen molar-refractivity contribution in [2.24, 2.45) is 0 Å². The number of fused-ring (bicyclic) bond motifs is 1. The second-order valence-corrected chi connectivity index (χ2v) is 9.90. The lowest BCUT2D eigenvalue weighted by atomic mass is 9.85. The highest BCUT2D eigenvalue weighted by atomic mass is 32.2.